The van der Waals surface area contributed by atoms with E-state index >= 15 is 0 Å². The van der Waals surface area contributed by atoms with Gasteiger partial charge < -0.3 is 19.9 Å². The quantitative estimate of drug-likeness (QED) is 0.660. The van der Waals surface area contributed by atoms with Crippen LogP contribution in [0.4, 0.5) is 0 Å². The summed E-state index contributed by atoms with van der Waals surface area (Å²) in [5, 5.41) is 3.45. The number of benzene rings is 1. The van der Waals surface area contributed by atoms with Crippen LogP contribution in [0, 0.1) is 4.77 Å². The Hall–Kier alpha value is -2.03. The number of carbonyl (C=O) groups is 1. The van der Waals surface area contributed by atoms with Gasteiger partial charge in [0.1, 0.15) is 0 Å². The molecule has 2 heterocycles. The summed E-state index contributed by atoms with van der Waals surface area (Å²) in [7, 11) is 0. The minimum atomic E-state index is -0.156. The molecule has 1 saturated heterocycles. The molecule has 0 radical (unpaired) electrons. The topological polar surface area (TPSA) is 79.4 Å². The predicted octanol–water partition coefficient (Wildman–Crippen LogP) is 2.31. The fraction of sp³-hybridized carbons (Fsp3) is 0.550. The van der Waals surface area contributed by atoms with Gasteiger partial charge in [0.15, 0.2) is 4.77 Å². The van der Waals surface area contributed by atoms with E-state index in [0.29, 0.717) is 34.3 Å². The first-order valence-corrected chi connectivity index (χ1v) is 10.3. The Kier molecular flexibility index (Phi) is 6.98. The SMILES string of the molecule is CCN(CC)CCNC(=O)c1ccc2c(=O)n(CC3CCCO3)c(=S)[nH]c2c1. The Bertz CT molecular complexity index is 943. The van der Waals surface area contributed by atoms with E-state index in [-0.39, 0.29) is 17.6 Å². The molecule has 1 aliphatic rings. The van der Waals surface area contributed by atoms with Crippen LogP contribution in [0.25, 0.3) is 10.9 Å². The highest BCUT2D eigenvalue weighted by Crippen LogP contribution is 2.15. The molecule has 28 heavy (non-hydrogen) atoms. The fourth-order valence-corrected chi connectivity index (χ4v) is 3.79. The first-order chi connectivity index (χ1) is 13.5. The third-order valence-electron chi connectivity index (χ3n) is 5.26. The summed E-state index contributed by atoms with van der Waals surface area (Å²) in [6.07, 6.45) is 1.98. The van der Waals surface area contributed by atoms with E-state index in [1.54, 1.807) is 22.8 Å². The van der Waals surface area contributed by atoms with Crippen molar-refractivity contribution in [2.75, 3.05) is 32.8 Å². The third kappa shape index (κ3) is 4.68. The Morgan fingerprint density at radius 2 is 2.18 bits per heavy atom. The zero-order chi connectivity index (χ0) is 20.1. The number of ether oxygens (including phenoxy) is 1. The van der Waals surface area contributed by atoms with Crippen LogP contribution in [0.2, 0.25) is 0 Å². The summed E-state index contributed by atoms with van der Waals surface area (Å²) in [6.45, 7) is 8.69. The van der Waals surface area contributed by atoms with Crippen LogP contribution in [0.15, 0.2) is 23.0 Å². The summed E-state index contributed by atoms with van der Waals surface area (Å²) < 4.78 is 7.53. The molecule has 152 valence electrons. The summed E-state index contributed by atoms with van der Waals surface area (Å²) in [6, 6.07) is 5.06. The number of amides is 1. The number of fused-ring (bicyclic) bond motifs is 1. The van der Waals surface area contributed by atoms with Crippen LogP contribution < -0.4 is 10.9 Å². The number of H-pyrrole nitrogens is 1. The largest absolute Gasteiger partial charge is 0.376 e. The van der Waals surface area contributed by atoms with Gasteiger partial charge in [-0.25, -0.2) is 0 Å². The Balaban J connectivity index is 1.77. The molecular weight excluding hydrogens is 376 g/mol. The molecule has 0 saturated carbocycles. The van der Waals surface area contributed by atoms with Gasteiger partial charge in [-0.15, -0.1) is 0 Å². The van der Waals surface area contributed by atoms with Crippen molar-refractivity contribution in [2.45, 2.75) is 39.3 Å². The number of likely N-dealkylation sites (N-methyl/N-ethyl adjacent to an activating group) is 1. The zero-order valence-corrected chi connectivity index (χ0v) is 17.3. The molecule has 0 bridgehead atoms. The van der Waals surface area contributed by atoms with Crippen LogP contribution in [0.3, 0.4) is 0 Å². The van der Waals surface area contributed by atoms with E-state index in [2.05, 4.69) is 29.0 Å². The summed E-state index contributed by atoms with van der Waals surface area (Å²) in [4.78, 5) is 30.6. The van der Waals surface area contributed by atoms with Crippen LogP contribution in [0.1, 0.15) is 37.0 Å². The second-order valence-corrected chi connectivity index (χ2v) is 7.41. The van der Waals surface area contributed by atoms with E-state index < -0.39 is 0 Å². The molecule has 1 unspecified atom stereocenters. The minimum absolute atomic E-state index is 0.0288. The average Bonchev–Trinajstić information content (AvgIpc) is 3.21. The number of carbonyl (C=O) groups excluding carboxylic acids is 1. The van der Waals surface area contributed by atoms with Gasteiger partial charge >= 0.3 is 0 Å². The van der Waals surface area contributed by atoms with E-state index in [0.717, 1.165) is 39.1 Å². The van der Waals surface area contributed by atoms with Crippen molar-refractivity contribution in [1.29, 1.82) is 0 Å². The van der Waals surface area contributed by atoms with E-state index in [1.807, 2.05) is 0 Å². The van der Waals surface area contributed by atoms with E-state index in [1.165, 1.54) is 0 Å². The summed E-state index contributed by atoms with van der Waals surface area (Å²) in [5.41, 5.74) is 0.937. The smallest absolute Gasteiger partial charge is 0.262 e. The summed E-state index contributed by atoms with van der Waals surface area (Å²) in [5.74, 6) is -0.156. The lowest BCUT2D eigenvalue weighted by Gasteiger charge is -2.18. The van der Waals surface area contributed by atoms with Crippen molar-refractivity contribution in [2.24, 2.45) is 0 Å². The number of hydrogen-bond donors (Lipinski definition) is 2. The molecule has 7 nitrogen and oxygen atoms in total. The highest BCUT2D eigenvalue weighted by atomic mass is 32.1. The van der Waals surface area contributed by atoms with Crippen LogP contribution >= 0.6 is 12.2 Å². The van der Waals surface area contributed by atoms with Crippen LogP contribution in [-0.2, 0) is 11.3 Å². The van der Waals surface area contributed by atoms with Gasteiger partial charge in [0.25, 0.3) is 11.5 Å². The van der Waals surface area contributed by atoms with Gasteiger partial charge in [0, 0.05) is 25.3 Å². The molecule has 1 fully saturated rings. The van der Waals surface area contributed by atoms with Gasteiger partial charge in [-0.1, -0.05) is 13.8 Å². The summed E-state index contributed by atoms with van der Waals surface area (Å²) >= 11 is 5.38. The Morgan fingerprint density at radius 1 is 1.39 bits per heavy atom. The number of rotatable bonds is 8. The molecule has 1 aliphatic heterocycles. The molecule has 1 amide bonds. The molecule has 0 aliphatic carbocycles. The third-order valence-corrected chi connectivity index (χ3v) is 5.58. The minimum Gasteiger partial charge on any atom is -0.376 e. The first kappa shape index (κ1) is 20.7. The van der Waals surface area contributed by atoms with Gasteiger partial charge in [-0.05, 0) is 56.3 Å². The van der Waals surface area contributed by atoms with Crippen molar-refractivity contribution in [3.8, 4) is 0 Å². The normalized spacial score (nSPS) is 16.8. The first-order valence-electron chi connectivity index (χ1n) is 9.92. The molecule has 2 aromatic rings. The van der Waals surface area contributed by atoms with Gasteiger partial charge in [0.2, 0.25) is 0 Å². The molecule has 1 atom stereocenters. The Labute approximate surface area is 169 Å². The lowest BCUT2D eigenvalue weighted by molar-refractivity contribution is 0.0948. The average molecular weight is 405 g/mol. The fourth-order valence-electron chi connectivity index (χ4n) is 3.52. The number of aromatic nitrogens is 2. The number of nitrogens with zero attached hydrogens (tertiary/aromatic N) is 2. The maximum Gasteiger partial charge on any atom is 0.262 e. The van der Waals surface area contributed by atoms with E-state index in [9.17, 15) is 9.59 Å². The molecule has 3 rings (SSSR count). The van der Waals surface area contributed by atoms with Crippen molar-refractivity contribution < 1.29 is 9.53 Å². The standard InChI is InChI=1S/C20H28N4O3S/c1-3-23(4-2)10-9-21-18(25)14-7-8-16-17(12-14)22-20(28)24(19(16)26)13-15-6-5-11-27-15/h7-8,12,15H,3-6,9-11,13H2,1-2H3,(H,21,25)(H,22,28). The number of nitrogens with one attached hydrogen (secondary N) is 2. The van der Waals surface area contributed by atoms with Gasteiger partial charge in [-0.3, -0.25) is 14.2 Å². The van der Waals surface area contributed by atoms with Gasteiger partial charge in [-0.2, -0.15) is 0 Å². The molecular formula is C20H28N4O3S. The molecule has 2 N–H and O–H groups in total. The lowest BCUT2D eigenvalue weighted by atomic mass is 10.1. The highest BCUT2D eigenvalue weighted by molar-refractivity contribution is 7.71. The van der Waals surface area contributed by atoms with Crippen LogP contribution in [-0.4, -0.2) is 59.2 Å². The van der Waals surface area contributed by atoms with Crippen molar-refractivity contribution >= 4 is 29.0 Å². The van der Waals surface area contributed by atoms with Crippen molar-refractivity contribution in [3.63, 3.8) is 0 Å². The molecule has 1 aromatic heterocycles. The molecule has 0 spiro atoms. The van der Waals surface area contributed by atoms with Crippen molar-refractivity contribution in [3.05, 3.63) is 38.9 Å². The molecule has 8 heteroatoms. The number of aromatic amines is 1. The zero-order valence-electron chi connectivity index (χ0n) is 16.5. The monoisotopic (exact) mass is 404 g/mol. The lowest BCUT2D eigenvalue weighted by Crippen LogP contribution is -2.34. The van der Waals surface area contributed by atoms with Gasteiger partial charge in [0.05, 0.1) is 23.6 Å². The van der Waals surface area contributed by atoms with Crippen LogP contribution in [0.5, 0.6) is 0 Å². The Morgan fingerprint density at radius 3 is 2.86 bits per heavy atom. The second kappa shape index (κ2) is 9.45. The highest BCUT2D eigenvalue weighted by Gasteiger charge is 2.18. The van der Waals surface area contributed by atoms with E-state index in [4.69, 9.17) is 17.0 Å². The second-order valence-electron chi connectivity index (χ2n) is 7.02. The number of hydrogen-bond acceptors (Lipinski definition) is 5. The molecule has 1 aromatic carbocycles. The maximum absolute atomic E-state index is 12.8. The van der Waals surface area contributed by atoms with Crippen molar-refractivity contribution in [1.82, 2.24) is 19.8 Å². The maximum atomic E-state index is 12.8. The predicted molar refractivity (Wildman–Crippen MR) is 112 cm³/mol.